The minimum absolute atomic E-state index is 0.104. The van der Waals surface area contributed by atoms with Crippen LogP contribution in [-0.2, 0) is 4.79 Å². The van der Waals surface area contributed by atoms with Gasteiger partial charge in [0.1, 0.15) is 5.75 Å². The number of carbonyl (C=O) groups is 2. The molecule has 1 aliphatic rings. The first-order valence-corrected chi connectivity index (χ1v) is 12.3. The fraction of sp³-hybridized carbons (Fsp3) is 0.0357. The van der Waals surface area contributed by atoms with E-state index in [1.807, 2.05) is 54.8 Å². The molecule has 0 radical (unpaired) electrons. The third kappa shape index (κ3) is 4.18. The fourth-order valence-electron chi connectivity index (χ4n) is 4.10. The molecule has 0 saturated carbocycles. The van der Waals surface area contributed by atoms with E-state index in [0.717, 1.165) is 16.3 Å². The van der Waals surface area contributed by atoms with Crippen molar-refractivity contribution in [2.45, 2.75) is 4.90 Å². The van der Waals surface area contributed by atoms with Gasteiger partial charge >= 0.3 is 5.97 Å². The maximum atomic E-state index is 13.4. The second kappa shape index (κ2) is 9.59. The van der Waals surface area contributed by atoms with Gasteiger partial charge in [0, 0.05) is 21.7 Å². The minimum Gasteiger partial charge on any atom is -0.505 e. The number of phenolic OH excluding ortho intramolecular Hbond substituents is 1. The molecule has 1 amide bonds. The van der Waals surface area contributed by atoms with E-state index in [4.69, 9.17) is 0 Å². The van der Waals surface area contributed by atoms with Crippen LogP contribution in [0.15, 0.2) is 101 Å². The van der Waals surface area contributed by atoms with Crippen LogP contribution in [0.3, 0.4) is 0 Å². The van der Waals surface area contributed by atoms with E-state index < -0.39 is 5.97 Å². The molecule has 3 N–H and O–H groups in total. The number of hydrogen-bond acceptors (Lipinski definition) is 6. The van der Waals surface area contributed by atoms with Gasteiger partial charge in [-0.25, -0.2) is 4.79 Å². The van der Waals surface area contributed by atoms with Crippen LogP contribution in [-0.4, -0.2) is 34.1 Å². The summed E-state index contributed by atoms with van der Waals surface area (Å²) >= 11 is 1.63. The number of aromatic hydroxyl groups is 1. The third-order valence-electron chi connectivity index (χ3n) is 5.88. The van der Waals surface area contributed by atoms with Crippen molar-refractivity contribution in [1.29, 1.82) is 0 Å². The number of rotatable bonds is 6. The first-order valence-electron chi connectivity index (χ1n) is 11.0. The number of hydrogen-bond donors (Lipinski definition) is 3. The maximum Gasteiger partial charge on any atom is 0.335 e. The predicted octanol–water partition coefficient (Wildman–Crippen LogP) is 5.97. The molecule has 0 aliphatic carbocycles. The van der Waals surface area contributed by atoms with Gasteiger partial charge in [0.25, 0.3) is 5.91 Å². The summed E-state index contributed by atoms with van der Waals surface area (Å²) in [6.07, 6.45) is 2.00. The van der Waals surface area contributed by atoms with Gasteiger partial charge in [-0.3, -0.25) is 15.1 Å². The van der Waals surface area contributed by atoms with Crippen molar-refractivity contribution in [2.24, 2.45) is 5.10 Å². The van der Waals surface area contributed by atoms with Crippen molar-refractivity contribution < 1.29 is 19.8 Å². The lowest BCUT2D eigenvalue weighted by Gasteiger charge is -2.17. The molecule has 0 bridgehead atoms. The lowest BCUT2D eigenvalue weighted by Crippen LogP contribution is -2.26. The highest BCUT2D eigenvalue weighted by Gasteiger charge is 2.35. The number of nitrogens with one attached hydrogen (secondary N) is 1. The molecule has 178 valence electrons. The van der Waals surface area contributed by atoms with E-state index >= 15 is 0 Å². The van der Waals surface area contributed by atoms with Gasteiger partial charge in [0.15, 0.2) is 5.71 Å². The number of benzene rings is 4. The fourth-order valence-corrected chi connectivity index (χ4v) is 4.51. The number of fused-ring (bicyclic) bond motifs is 1. The summed E-state index contributed by atoms with van der Waals surface area (Å²) in [6.45, 7) is 0. The van der Waals surface area contributed by atoms with E-state index in [2.05, 4.69) is 10.5 Å². The Balaban J connectivity index is 1.49. The zero-order valence-corrected chi connectivity index (χ0v) is 20.0. The van der Waals surface area contributed by atoms with Crippen LogP contribution in [0.1, 0.15) is 15.9 Å². The Hall–Kier alpha value is -4.56. The van der Waals surface area contributed by atoms with Crippen LogP contribution in [0.2, 0.25) is 0 Å². The lowest BCUT2D eigenvalue weighted by atomic mass is 10.0. The average molecular weight is 496 g/mol. The molecule has 0 saturated heterocycles. The molecule has 0 aromatic heterocycles. The zero-order chi connectivity index (χ0) is 25.2. The Morgan fingerprint density at radius 2 is 1.64 bits per heavy atom. The monoisotopic (exact) mass is 495 g/mol. The lowest BCUT2D eigenvalue weighted by molar-refractivity contribution is -0.111. The molecular formula is C28H21N3O4S. The summed E-state index contributed by atoms with van der Waals surface area (Å²) in [5.41, 5.74) is 6.58. The second-order valence-electron chi connectivity index (χ2n) is 8.02. The Bertz CT molecular complexity index is 1520. The van der Waals surface area contributed by atoms with Gasteiger partial charge in [0.2, 0.25) is 0 Å². The van der Waals surface area contributed by atoms with Crippen molar-refractivity contribution in [1.82, 2.24) is 0 Å². The second-order valence-corrected chi connectivity index (χ2v) is 8.90. The number of para-hydroxylation sites is 2. The molecule has 0 fully saturated rings. The molecular weight excluding hydrogens is 474 g/mol. The Morgan fingerprint density at radius 3 is 2.39 bits per heavy atom. The van der Waals surface area contributed by atoms with Crippen LogP contribution >= 0.6 is 11.8 Å². The van der Waals surface area contributed by atoms with E-state index in [1.165, 1.54) is 12.1 Å². The molecule has 0 spiro atoms. The highest BCUT2D eigenvalue weighted by molar-refractivity contribution is 7.98. The predicted molar refractivity (Wildman–Crippen MR) is 142 cm³/mol. The molecule has 8 heteroatoms. The number of aromatic carboxylic acids is 1. The molecule has 1 aliphatic heterocycles. The summed E-state index contributed by atoms with van der Waals surface area (Å²) in [6, 6.07) is 26.5. The number of phenols is 1. The largest absolute Gasteiger partial charge is 0.505 e. The summed E-state index contributed by atoms with van der Waals surface area (Å²) in [5.74, 6) is -1.44. The van der Waals surface area contributed by atoms with Gasteiger partial charge in [-0.15, -0.1) is 11.8 Å². The number of nitrogens with zero attached hydrogens (tertiary/aromatic N) is 2. The zero-order valence-electron chi connectivity index (χ0n) is 19.2. The molecule has 5 rings (SSSR count). The Morgan fingerprint density at radius 1 is 0.917 bits per heavy atom. The number of hydrazone groups is 1. The SMILES string of the molecule is CSc1ccc(N2C(=O)C(=NNc3cccc(-c4cccc(C(=O)O)c4)c3O)c3ccccc32)cc1. The van der Waals surface area contributed by atoms with E-state index in [0.29, 0.717) is 16.7 Å². The Labute approximate surface area is 211 Å². The molecule has 4 aromatic carbocycles. The quantitative estimate of drug-likeness (QED) is 0.173. The topological polar surface area (TPSA) is 102 Å². The van der Waals surface area contributed by atoms with E-state index in [9.17, 15) is 19.8 Å². The standard InChI is InChI=1S/C28H21N3O4S/c1-36-20-14-12-19(13-15-20)31-24-11-3-2-8-22(24)25(27(31)33)30-29-23-10-5-9-21(26(23)32)17-6-4-7-18(16-17)28(34)35/h2-16,29,32H,1H3,(H,34,35). The highest BCUT2D eigenvalue weighted by Crippen LogP contribution is 2.38. The van der Waals surface area contributed by atoms with Gasteiger partial charge in [0.05, 0.1) is 16.9 Å². The van der Waals surface area contributed by atoms with Gasteiger partial charge in [-0.05, 0) is 60.4 Å². The van der Waals surface area contributed by atoms with Crippen LogP contribution in [0.25, 0.3) is 11.1 Å². The van der Waals surface area contributed by atoms with E-state index in [1.54, 1.807) is 47.0 Å². The van der Waals surface area contributed by atoms with Gasteiger partial charge < -0.3 is 10.2 Å². The number of carboxylic acids is 1. The molecule has 36 heavy (non-hydrogen) atoms. The normalized spacial score (nSPS) is 13.6. The van der Waals surface area contributed by atoms with Crippen LogP contribution in [0, 0.1) is 0 Å². The third-order valence-corrected chi connectivity index (χ3v) is 6.62. The van der Waals surface area contributed by atoms with Gasteiger partial charge in [-0.1, -0.05) is 42.5 Å². The Kier molecular flexibility index (Phi) is 6.18. The maximum absolute atomic E-state index is 13.4. The minimum atomic E-state index is -1.05. The molecule has 1 heterocycles. The summed E-state index contributed by atoms with van der Waals surface area (Å²) in [5, 5.41) is 24.6. The number of carboxylic acid groups (broad SMARTS) is 1. The molecule has 7 nitrogen and oxygen atoms in total. The molecule has 4 aromatic rings. The first kappa shape index (κ1) is 23.2. The van der Waals surface area contributed by atoms with Crippen molar-refractivity contribution >= 4 is 46.4 Å². The molecule has 0 atom stereocenters. The number of carbonyl (C=O) groups excluding carboxylic acids is 1. The number of anilines is 3. The van der Waals surface area contributed by atoms with Crippen LogP contribution in [0.4, 0.5) is 17.1 Å². The van der Waals surface area contributed by atoms with Crippen molar-refractivity contribution in [3.8, 4) is 16.9 Å². The van der Waals surface area contributed by atoms with E-state index in [-0.39, 0.29) is 28.6 Å². The van der Waals surface area contributed by atoms with Crippen molar-refractivity contribution in [3.63, 3.8) is 0 Å². The summed E-state index contributed by atoms with van der Waals surface area (Å²) < 4.78 is 0. The van der Waals surface area contributed by atoms with Gasteiger partial charge in [-0.2, -0.15) is 5.10 Å². The van der Waals surface area contributed by atoms with Crippen molar-refractivity contribution in [2.75, 3.05) is 16.6 Å². The number of thioether (sulfide) groups is 1. The summed E-state index contributed by atoms with van der Waals surface area (Å²) in [7, 11) is 0. The number of amides is 1. The van der Waals surface area contributed by atoms with Crippen molar-refractivity contribution in [3.05, 3.63) is 102 Å². The molecule has 0 unspecified atom stereocenters. The van der Waals surface area contributed by atoms with Crippen LogP contribution in [0.5, 0.6) is 5.75 Å². The first-order chi connectivity index (χ1) is 17.5. The smallest absolute Gasteiger partial charge is 0.335 e. The van der Waals surface area contributed by atoms with Crippen LogP contribution < -0.4 is 10.3 Å². The summed E-state index contributed by atoms with van der Waals surface area (Å²) in [4.78, 5) is 27.5. The highest BCUT2D eigenvalue weighted by atomic mass is 32.2. The average Bonchev–Trinajstić information content (AvgIpc) is 3.19.